The number of nitrogens with one attached hydrogen (secondary N) is 1. The molecule has 1 rings (SSSR count). The van der Waals surface area contributed by atoms with Gasteiger partial charge >= 0.3 is 5.97 Å². The SMILES string of the molecule is CC(C)NC(=O)C(C)OC(=O)C(C)Cc1cccc(F)c1. The average molecular weight is 295 g/mol. The summed E-state index contributed by atoms with van der Waals surface area (Å²) < 4.78 is 18.2. The molecule has 0 bridgehead atoms. The van der Waals surface area contributed by atoms with E-state index in [1.165, 1.54) is 19.1 Å². The molecule has 2 atom stereocenters. The zero-order valence-electron chi connectivity index (χ0n) is 12.9. The van der Waals surface area contributed by atoms with Gasteiger partial charge in [-0.25, -0.2) is 4.39 Å². The molecule has 116 valence electrons. The van der Waals surface area contributed by atoms with Gasteiger partial charge in [0.25, 0.3) is 5.91 Å². The number of hydrogen-bond donors (Lipinski definition) is 1. The molecular weight excluding hydrogens is 273 g/mol. The molecule has 5 heteroatoms. The first-order valence-electron chi connectivity index (χ1n) is 7.05. The van der Waals surface area contributed by atoms with Gasteiger partial charge in [0.2, 0.25) is 0 Å². The molecule has 0 aliphatic rings. The molecule has 0 fully saturated rings. The average Bonchev–Trinajstić information content (AvgIpc) is 2.37. The van der Waals surface area contributed by atoms with E-state index in [-0.39, 0.29) is 17.8 Å². The fourth-order valence-corrected chi connectivity index (χ4v) is 1.85. The molecule has 0 spiro atoms. The number of esters is 1. The van der Waals surface area contributed by atoms with E-state index in [1.54, 1.807) is 19.1 Å². The van der Waals surface area contributed by atoms with E-state index in [4.69, 9.17) is 4.74 Å². The maximum absolute atomic E-state index is 13.1. The van der Waals surface area contributed by atoms with E-state index in [2.05, 4.69) is 5.32 Å². The van der Waals surface area contributed by atoms with Crippen LogP contribution in [-0.2, 0) is 20.7 Å². The van der Waals surface area contributed by atoms with Crippen molar-refractivity contribution >= 4 is 11.9 Å². The predicted octanol–water partition coefficient (Wildman–Crippen LogP) is 2.46. The number of carbonyl (C=O) groups is 2. The number of amides is 1. The number of carbonyl (C=O) groups excluding carboxylic acids is 2. The zero-order valence-corrected chi connectivity index (χ0v) is 12.9. The number of ether oxygens (including phenoxy) is 1. The summed E-state index contributed by atoms with van der Waals surface area (Å²) >= 11 is 0. The first-order chi connectivity index (χ1) is 9.79. The van der Waals surface area contributed by atoms with Gasteiger partial charge in [0, 0.05) is 6.04 Å². The first kappa shape index (κ1) is 17.1. The summed E-state index contributed by atoms with van der Waals surface area (Å²) in [6.45, 7) is 6.89. The van der Waals surface area contributed by atoms with Gasteiger partial charge in [-0.3, -0.25) is 9.59 Å². The monoisotopic (exact) mass is 295 g/mol. The summed E-state index contributed by atoms with van der Waals surface area (Å²) in [5.41, 5.74) is 0.721. The van der Waals surface area contributed by atoms with Gasteiger partial charge < -0.3 is 10.1 Å². The molecule has 2 unspecified atom stereocenters. The van der Waals surface area contributed by atoms with Crippen LogP contribution in [0.1, 0.15) is 33.3 Å². The quantitative estimate of drug-likeness (QED) is 0.820. The standard InChI is InChI=1S/C16H22FNO3/c1-10(2)18-15(19)12(4)21-16(20)11(3)8-13-6-5-7-14(17)9-13/h5-7,9-12H,8H2,1-4H3,(H,18,19). The number of halogens is 1. The van der Waals surface area contributed by atoms with Crippen molar-refractivity contribution in [3.05, 3.63) is 35.6 Å². The molecule has 1 aromatic rings. The highest BCUT2D eigenvalue weighted by molar-refractivity contribution is 5.84. The number of benzene rings is 1. The van der Waals surface area contributed by atoms with Crippen LogP contribution in [-0.4, -0.2) is 24.0 Å². The highest BCUT2D eigenvalue weighted by Gasteiger charge is 2.22. The Morgan fingerprint density at radius 1 is 1.24 bits per heavy atom. The lowest BCUT2D eigenvalue weighted by Gasteiger charge is -2.18. The van der Waals surface area contributed by atoms with Crippen molar-refractivity contribution in [2.24, 2.45) is 5.92 Å². The van der Waals surface area contributed by atoms with Crippen molar-refractivity contribution in [3.63, 3.8) is 0 Å². The Morgan fingerprint density at radius 2 is 1.90 bits per heavy atom. The zero-order chi connectivity index (χ0) is 16.0. The lowest BCUT2D eigenvalue weighted by atomic mass is 10.0. The Kier molecular flexibility index (Phi) is 6.34. The molecule has 0 saturated carbocycles. The van der Waals surface area contributed by atoms with Crippen molar-refractivity contribution in [2.45, 2.75) is 46.3 Å². The van der Waals surface area contributed by atoms with Crippen molar-refractivity contribution in [1.29, 1.82) is 0 Å². The third kappa shape index (κ3) is 5.94. The van der Waals surface area contributed by atoms with Gasteiger partial charge in [0.05, 0.1) is 5.92 Å². The molecule has 1 aromatic carbocycles. The van der Waals surface area contributed by atoms with Crippen LogP contribution in [0.4, 0.5) is 4.39 Å². The molecule has 0 saturated heterocycles. The third-order valence-corrected chi connectivity index (χ3v) is 2.93. The van der Waals surface area contributed by atoms with Crippen LogP contribution in [0.15, 0.2) is 24.3 Å². The van der Waals surface area contributed by atoms with Gasteiger partial charge in [-0.1, -0.05) is 19.1 Å². The van der Waals surface area contributed by atoms with Crippen LogP contribution >= 0.6 is 0 Å². The smallest absolute Gasteiger partial charge is 0.309 e. The topological polar surface area (TPSA) is 55.4 Å². The molecular formula is C16H22FNO3. The second-order valence-electron chi connectivity index (χ2n) is 5.48. The third-order valence-electron chi connectivity index (χ3n) is 2.93. The Balaban J connectivity index is 2.53. The fraction of sp³-hybridized carbons (Fsp3) is 0.500. The van der Waals surface area contributed by atoms with Crippen LogP contribution in [0.3, 0.4) is 0 Å². The van der Waals surface area contributed by atoms with Gasteiger partial charge in [-0.05, 0) is 44.9 Å². The maximum atomic E-state index is 13.1. The molecule has 1 amide bonds. The summed E-state index contributed by atoms with van der Waals surface area (Å²) in [6.07, 6.45) is -0.468. The molecule has 0 aliphatic carbocycles. The molecule has 0 aliphatic heterocycles. The van der Waals surface area contributed by atoms with Crippen molar-refractivity contribution in [2.75, 3.05) is 0 Å². The largest absolute Gasteiger partial charge is 0.452 e. The summed E-state index contributed by atoms with van der Waals surface area (Å²) in [7, 11) is 0. The number of rotatable bonds is 6. The van der Waals surface area contributed by atoms with Crippen molar-refractivity contribution in [1.82, 2.24) is 5.32 Å². The van der Waals surface area contributed by atoms with E-state index in [9.17, 15) is 14.0 Å². The van der Waals surface area contributed by atoms with Crippen LogP contribution in [0.5, 0.6) is 0 Å². The van der Waals surface area contributed by atoms with Crippen molar-refractivity contribution < 1.29 is 18.7 Å². The van der Waals surface area contributed by atoms with Crippen LogP contribution < -0.4 is 5.32 Å². The highest BCUT2D eigenvalue weighted by Crippen LogP contribution is 2.12. The van der Waals surface area contributed by atoms with Gasteiger partial charge in [-0.15, -0.1) is 0 Å². The van der Waals surface area contributed by atoms with Gasteiger partial charge in [0.1, 0.15) is 5.82 Å². The fourth-order valence-electron chi connectivity index (χ4n) is 1.85. The summed E-state index contributed by atoms with van der Waals surface area (Å²) in [4.78, 5) is 23.6. The normalized spacial score (nSPS) is 13.6. The predicted molar refractivity (Wildman–Crippen MR) is 78.1 cm³/mol. The first-order valence-corrected chi connectivity index (χ1v) is 7.05. The lowest BCUT2D eigenvalue weighted by Crippen LogP contribution is -2.40. The van der Waals surface area contributed by atoms with E-state index in [0.29, 0.717) is 6.42 Å². The van der Waals surface area contributed by atoms with E-state index >= 15 is 0 Å². The summed E-state index contributed by atoms with van der Waals surface area (Å²) in [6, 6.07) is 6.08. The Bertz CT molecular complexity index is 502. The van der Waals surface area contributed by atoms with Crippen LogP contribution in [0, 0.1) is 11.7 Å². The summed E-state index contributed by atoms with van der Waals surface area (Å²) in [5.74, 6) is -1.57. The molecule has 4 nitrogen and oxygen atoms in total. The Hall–Kier alpha value is -1.91. The minimum atomic E-state index is -0.838. The van der Waals surface area contributed by atoms with E-state index in [0.717, 1.165) is 5.56 Å². The van der Waals surface area contributed by atoms with Crippen LogP contribution in [0.2, 0.25) is 0 Å². The van der Waals surface area contributed by atoms with Gasteiger partial charge in [-0.2, -0.15) is 0 Å². The Morgan fingerprint density at radius 3 is 2.48 bits per heavy atom. The second kappa shape index (κ2) is 7.76. The Labute approximate surface area is 124 Å². The second-order valence-corrected chi connectivity index (χ2v) is 5.48. The molecule has 1 N–H and O–H groups in total. The lowest BCUT2D eigenvalue weighted by molar-refractivity contribution is -0.158. The summed E-state index contributed by atoms with van der Waals surface area (Å²) in [5, 5.41) is 2.68. The number of hydrogen-bond acceptors (Lipinski definition) is 3. The molecule has 0 aromatic heterocycles. The molecule has 0 heterocycles. The van der Waals surface area contributed by atoms with Crippen LogP contribution in [0.25, 0.3) is 0 Å². The molecule has 21 heavy (non-hydrogen) atoms. The van der Waals surface area contributed by atoms with E-state index < -0.39 is 18.0 Å². The highest BCUT2D eigenvalue weighted by atomic mass is 19.1. The minimum absolute atomic E-state index is 0.0108. The molecule has 0 radical (unpaired) electrons. The van der Waals surface area contributed by atoms with Gasteiger partial charge in [0.15, 0.2) is 6.10 Å². The minimum Gasteiger partial charge on any atom is -0.452 e. The van der Waals surface area contributed by atoms with Crippen molar-refractivity contribution in [3.8, 4) is 0 Å². The maximum Gasteiger partial charge on any atom is 0.309 e. The van der Waals surface area contributed by atoms with E-state index in [1.807, 2.05) is 13.8 Å².